The molecule has 0 fully saturated rings. The lowest BCUT2D eigenvalue weighted by Crippen LogP contribution is -2.31. The standard InChI is InChI=1S/C17H18F3N3O2/c1-24-13-3-4-15(25-2)11(7-13)9-23-6-5-14-12(10-23)8-21-16(22-14)17(18,19)20/h3-4,7-8H,5-6,9-10H2,1-2H3. The summed E-state index contributed by atoms with van der Waals surface area (Å²) in [5.41, 5.74) is 2.15. The number of ether oxygens (including phenoxy) is 2. The van der Waals surface area contributed by atoms with Gasteiger partial charge in [0.1, 0.15) is 11.5 Å². The molecule has 0 saturated heterocycles. The molecule has 1 aliphatic heterocycles. The predicted octanol–water partition coefficient (Wildman–Crippen LogP) is 3.07. The van der Waals surface area contributed by atoms with Crippen molar-refractivity contribution in [2.45, 2.75) is 25.7 Å². The van der Waals surface area contributed by atoms with Crippen molar-refractivity contribution in [1.82, 2.24) is 14.9 Å². The summed E-state index contributed by atoms with van der Waals surface area (Å²) >= 11 is 0. The second-order valence-electron chi connectivity index (χ2n) is 5.80. The highest BCUT2D eigenvalue weighted by atomic mass is 19.4. The molecule has 0 atom stereocenters. The average Bonchev–Trinajstić information content (AvgIpc) is 2.60. The third kappa shape index (κ3) is 3.84. The van der Waals surface area contributed by atoms with Gasteiger partial charge in [0.25, 0.3) is 0 Å². The Morgan fingerprint density at radius 2 is 2.00 bits per heavy atom. The van der Waals surface area contributed by atoms with E-state index in [9.17, 15) is 13.2 Å². The Balaban J connectivity index is 1.78. The van der Waals surface area contributed by atoms with Crippen LogP contribution < -0.4 is 9.47 Å². The van der Waals surface area contributed by atoms with E-state index in [1.165, 1.54) is 6.20 Å². The third-order valence-electron chi connectivity index (χ3n) is 4.15. The van der Waals surface area contributed by atoms with Crippen LogP contribution in [0.25, 0.3) is 0 Å². The minimum atomic E-state index is -4.51. The second-order valence-corrected chi connectivity index (χ2v) is 5.80. The molecule has 2 aromatic rings. The molecule has 5 nitrogen and oxygen atoms in total. The van der Waals surface area contributed by atoms with E-state index in [4.69, 9.17) is 9.47 Å². The van der Waals surface area contributed by atoms with Crippen molar-refractivity contribution in [1.29, 1.82) is 0 Å². The molecule has 2 heterocycles. The summed E-state index contributed by atoms with van der Waals surface area (Å²) in [7, 11) is 3.20. The molecule has 1 aliphatic rings. The monoisotopic (exact) mass is 353 g/mol. The Labute approximate surface area is 143 Å². The normalized spacial score (nSPS) is 14.9. The molecule has 134 valence electrons. The molecule has 1 aromatic carbocycles. The van der Waals surface area contributed by atoms with Crippen LogP contribution >= 0.6 is 0 Å². The van der Waals surface area contributed by atoms with Gasteiger partial charge in [-0.3, -0.25) is 4.90 Å². The maximum Gasteiger partial charge on any atom is 0.451 e. The van der Waals surface area contributed by atoms with E-state index in [2.05, 4.69) is 14.9 Å². The minimum absolute atomic E-state index is 0.452. The molecule has 25 heavy (non-hydrogen) atoms. The van der Waals surface area contributed by atoms with E-state index in [-0.39, 0.29) is 0 Å². The number of aromatic nitrogens is 2. The van der Waals surface area contributed by atoms with Crippen LogP contribution in [0.4, 0.5) is 13.2 Å². The van der Waals surface area contributed by atoms with Gasteiger partial charge in [0.2, 0.25) is 5.82 Å². The van der Waals surface area contributed by atoms with E-state index < -0.39 is 12.0 Å². The van der Waals surface area contributed by atoms with Gasteiger partial charge in [0.15, 0.2) is 0 Å². The number of nitrogens with zero attached hydrogens (tertiary/aromatic N) is 3. The van der Waals surface area contributed by atoms with Gasteiger partial charge >= 0.3 is 6.18 Å². The number of hydrogen-bond donors (Lipinski definition) is 0. The zero-order valence-corrected chi connectivity index (χ0v) is 13.9. The van der Waals surface area contributed by atoms with Crippen LogP contribution in [0.5, 0.6) is 11.5 Å². The molecule has 0 saturated carbocycles. The first kappa shape index (κ1) is 17.5. The van der Waals surface area contributed by atoms with Crippen LogP contribution in [-0.2, 0) is 25.7 Å². The highest BCUT2D eigenvalue weighted by Gasteiger charge is 2.35. The van der Waals surface area contributed by atoms with Crippen molar-refractivity contribution >= 4 is 0 Å². The summed E-state index contributed by atoms with van der Waals surface area (Å²) < 4.78 is 48.8. The zero-order valence-electron chi connectivity index (χ0n) is 13.9. The number of halogens is 3. The Kier molecular flexibility index (Phi) is 4.80. The lowest BCUT2D eigenvalue weighted by Gasteiger charge is -2.28. The van der Waals surface area contributed by atoms with Gasteiger partial charge in [-0.2, -0.15) is 13.2 Å². The van der Waals surface area contributed by atoms with Crippen molar-refractivity contribution in [3.63, 3.8) is 0 Å². The molecule has 0 aliphatic carbocycles. The number of rotatable bonds is 4. The molecule has 8 heteroatoms. The number of hydrogen-bond acceptors (Lipinski definition) is 5. The lowest BCUT2D eigenvalue weighted by molar-refractivity contribution is -0.145. The van der Waals surface area contributed by atoms with Crippen molar-refractivity contribution in [3.8, 4) is 11.5 Å². The van der Waals surface area contributed by atoms with Crippen LogP contribution in [0, 0.1) is 0 Å². The molecular weight excluding hydrogens is 335 g/mol. The first-order chi connectivity index (χ1) is 11.9. The molecular formula is C17H18F3N3O2. The molecule has 0 N–H and O–H groups in total. The van der Waals surface area contributed by atoms with E-state index in [0.717, 1.165) is 22.6 Å². The van der Waals surface area contributed by atoms with Crippen LogP contribution in [0.3, 0.4) is 0 Å². The van der Waals surface area contributed by atoms with Crippen molar-refractivity contribution in [3.05, 3.63) is 47.0 Å². The summed E-state index contributed by atoms with van der Waals surface area (Å²) in [6, 6.07) is 5.56. The van der Waals surface area contributed by atoms with Crippen molar-refractivity contribution < 1.29 is 22.6 Å². The molecule has 1 aromatic heterocycles. The summed E-state index contributed by atoms with van der Waals surface area (Å²) in [4.78, 5) is 9.26. The Hall–Kier alpha value is -2.35. The lowest BCUT2D eigenvalue weighted by atomic mass is 10.1. The highest BCUT2D eigenvalue weighted by molar-refractivity contribution is 5.40. The smallest absolute Gasteiger partial charge is 0.451 e. The third-order valence-corrected chi connectivity index (χ3v) is 4.15. The predicted molar refractivity (Wildman–Crippen MR) is 84.4 cm³/mol. The first-order valence-electron chi connectivity index (χ1n) is 7.76. The molecule has 0 radical (unpaired) electrons. The molecule has 0 amide bonds. The number of fused-ring (bicyclic) bond motifs is 1. The average molecular weight is 353 g/mol. The van der Waals surface area contributed by atoms with Crippen LogP contribution in [0.15, 0.2) is 24.4 Å². The van der Waals surface area contributed by atoms with Gasteiger partial charge in [-0.1, -0.05) is 0 Å². The fourth-order valence-electron chi connectivity index (χ4n) is 2.89. The van der Waals surface area contributed by atoms with E-state index in [1.807, 2.05) is 18.2 Å². The molecule has 3 rings (SSSR count). The van der Waals surface area contributed by atoms with E-state index in [1.54, 1.807) is 14.2 Å². The van der Waals surface area contributed by atoms with E-state index >= 15 is 0 Å². The van der Waals surface area contributed by atoms with Gasteiger partial charge < -0.3 is 9.47 Å². The summed E-state index contributed by atoms with van der Waals surface area (Å²) in [5, 5.41) is 0. The fourth-order valence-corrected chi connectivity index (χ4v) is 2.89. The second kappa shape index (κ2) is 6.87. The molecule has 0 bridgehead atoms. The fraction of sp³-hybridized carbons (Fsp3) is 0.412. The Morgan fingerprint density at radius 1 is 1.20 bits per heavy atom. The summed E-state index contributed by atoms with van der Waals surface area (Å²) in [5.74, 6) is 0.399. The summed E-state index contributed by atoms with van der Waals surface area (Å²) in [6.45, 7) is 1.70. The van der Waals surface area contributed by atoms with Gasteiger partial charge in [-0.25, -0.2) is 9.97 Å². The largest absolute Gasteiger partial charge is 0.497 e. The van der Waals surface area contributed by atoms with Gasteiger partial charge in [-0.05, 0) is 18.2 Å². The van der Waals surface area contributed by atoms with Gasteiger partial charge in [0.05, 0.1) is 19.9 Å². The van der Waals surface area contributed by atoms with Crippen LogP contribution in [0.1, 0.15) is 22.6 Å². The van der Waals surface area contributed by atoms with Crippen molar-refractivity contribution in [2.24, 2.45) is 0 Å². The van der Waals surface area contributed by atoms with E-state index in [0.29, 0.717) is 31.7 Å². The maximum atomic E-state index is 12.7. The van der Waals surface area contributed by atoms with Gasteiger partial charge in [0, 0.05) is 43.4 Å². The number of alkyl halides is 3. The quantitative estimate of drug-likeness (QED) is 0.845. The number of methoxy groups -OCH3 is 2. The van der Waals surface area contributed by atoms with Crippen LogP contribution in [0.2, 0.25) is 0 Å². The zero-order chi connectivity index (χ0) is 18.0. The topological polar surface area (TPSA) is 47.5 Å². The Morgan fingerprint density at radius 3 is 2.68 bits per heavy atom. The maximum absolute atomic E-state index is 12.7. The minimum Gasteiger partial charge on any atom is -0.497 e. The Bertz CT molecular complexity index is 765. The van der Waals surface area contributed by atoms with Crippen LogP contribution in [-0.4, -0.2) is 35.6 Å². The molecule has 0 spiro atoms. The highest BCUT2D eigenvalue weighted by Crippen LogP contribution is 2.29. The van der Waals surface area contributed by atoms with Crippen molar-refractivity contribution in [2.75, 3.05) is 20.8 Å². The SMILES string of the molecule is COc1ccc(OC)c(CN2CCc3nc(C(F)(F)F)ncc3C2)c1. The molecule has 0 unspecified atom stereocenters. The summed E-state index contributed by atoms with van der Waals surface area (Å²) in [6.07, 6.45) is -2.78. The van der Waals surface area contributed by atoms with Gasteiger partial charge in [-0.15, -0.1) is 0 Å². The number of benzene rings is 1. The first-order valence-corrected chi connectivity index (χ1v) is 7.76.